The van der Waals surface area contributed by atoms with E-state index < -0.39 is 0 Å². The molecule has 0 radical (unpaired) electrons. The zero-order valence-corrected chi connectivity index (χ0v) is 13.1. The molecule has 7 heteroatoms. The fraction of sp³-hybridized carbons (Fsp3) is 0.438. The standard InChI is InChI=1S/C16H21N3O4/c1-23-11-5-9-18-16(22)17-8-4-10-19-14(20)12-6-2-3-7-13(12)15(19)21/h2-3,6-7H,4-5,8-11H2,1H3,(H2,17,18,22). The van der Waals surface area contributed by atoms with Crippen molar-refractivity contribution >= 4 is 17.8 Å². The van der Waals surface area contributed by atoms with Crippen LogP contribution in [0.5, 0.6) is 0 Å². The molecule has 1 aliphatic rings. The number of amides is 4. The van der Waals surface area contributed by atoms with Gasteiger partial charge in [-0.05, 0) is 25.0 Å². The molecule has 0 unspecified atom stereocenters. The zero-order chi connectivity index (χ0) is 16.7. The Bertz CT molecular complexity index is 553. The van der Waals surface area contributed by atoms with Crippen LogP contribution in [-0.2, 0) is 4.74 Å². The van der Waals surface area contributed by atoms with Crippen molar-refractivity contribution in [2.75, 3.05) is 33.4 Å². The summed E-state index contributed by atoms with van der Waals surface area (Å²) in [6, 6.07) is 6.53. The summed E-state index contributed by atoms with van der Waals surface area (Å²) in [6.45, 7) is 1.82. The first-order valence-electron chi connectivity index (χ1n) is 7.61. The van der Waals surface area contributed by atoms with Crippen LogP contribution < -0.4 is 10.6 Å². The van der Waals surface area contributed by atoms with Gasteiger partial charge in [-0.3, -0.25) is 14.5 Å². The van der Waals surface area contributed by atoms with Crippen molar-refractivity contribution in [3.8, 4) is 0 Å². The summed E-state index contributed by atoms with van der Waals surface area (Å²) in [5.74, 6) is -0.538. The average molecular weight is 319 g/mol. The van der Waals surface area contributed by atoms with Gasteiger partial charge in [0.1, 0.15) is 0 Å². The lowest BCUT2D eigenvalue weighted by Gasteiger charge is -2.14. The number of nitrogens with zero attached hydrogens (tertiary/aromatic N) is 1. The van der Waals surface area contributed by atoms with Crippen molar-refractivity contribution in [2.24, 2.45) is 0 Å². The molecule has 0 saturated carbocycles. The maximum atomic E-state index is 12.1. The smallest absolute Gasteiger partial charge is 0.314 e. The maximum Gasteiger partial charge on any atom is 0.314 e. The highest BCUT2D eigenvalue weighted by molar-refractivity contribution is 6.21. The van der Waals surface area contributed by atoms with Crippen LogP contribution >= 0.6 is 0 Å². The van der Waals surface area contributed by atoms with Gasteiger partial charge in [-0.1, -0.05) is 12.1 Å². The van der Waals surface area contributed by atoms with Crippen LogP contribution in [-0.4, -0.2) is 56.1 Å². The second-order valence-corrected chi connectivity index (χ2v) is 5.19. The highest BCUT2D eigenvalue weighted by Crippen LogP contribution is 2.22. The van der Waals surface area contributed by atoms with E-state index in [0.717, 1.165) is 6.42 Å². The van der Waals surface area contributed by atoms with Crippen molar-refractivity contribution in [1.29, 1.82) is 0 Å². The largest absolute Gasteiger partial charge is 0.385 e. The van der Waals surface area contributed by atoms with E-state index in [1.54, 1.807) is 31.4 Å². The molecule has 1 aliphatic heterocycles. The number of hydrogen-bond acceptors (Lipinski definition) is 4. The molecule has 0 aromatic heterocycles. The Morgan fingerprint density at radius 2 is 1.61 bits per heavy atom. The number of rotatable bonds is 8. The fourth-order valence-corrected chi connectivity index (χ4v) is 2.36. The molecule has 0 saturated heterocycles. The molecule has 2 rings (SSSR count). The summed E-state index contributed by atoms with van der Waals surface area (Å²) >= 11 is 0. The molecule has 2 N–H and O–H groups in total. The van der Waals surface area contributed by atoms with Gasteiger partial charge < -0.3 is 15.4 Å². The number of nitrogens with one attached hydrogen (secondary N) is 2. The molecule has 23 heavy (non-hydrogen) atoms. The Morgan fingerprint density at radius 1 is 1.04 bits per heavy atom. The molecule has 1 heterocycles. The van der Waals surface area contributed by atoms with Crippen molar-refractivity contribution in [3.63, 3.8) is 0 Å². The lowest BCUT2D eigenvalue weighted by atomic mass is 10.1. The minimum atomic E-state index is -0.269. The fourth-order valence-electron chi connectivity index (χ4n) is 2.36. The molecular formula is C16H21N3O4. The van der Waals surface area contributed by atoms with E-state index >= 15 is 0 Å². The summed E-state index contributed by atoms with van der Waals surface area (Å²) in [5, 5.41) is 5.39. The van der Waals surface area contributed by atoms with Gasteiger partial charge in [0, 0.05) is 33.4 Å². The number of urea groups is 1. The lowest BCUT2D eigenvalue weighted by molar-refractivity contribution is 0.0653. The zero-order valence-electron chi connectivity index (χ0n) is 13.1. The second-order valence-electron chi connectivity index (χ2n) is 5.19. The number of imide groups is 1. The Balaban J connectivity index is 1.69. The summed E-state index contributed by atoms with van der Waals surface area (Å²) in [6.07, 6.45) is 1.26. The molecule has 4 amide bonds. The van der Waals surface area contributed by atoms with Crippen LogP contribution in [0.15, 0.2) is 24.3 Å². The molecule has 1 aromatic rings. The van der Waals surface area contributed by atoms with Crippen LogP contribution in [0.25, 0.3) is 0 Å². The SMILES string of the molecule is COCCCNC(=O)NCCCN1C(=O)c2ccccc2C1=O. The van der Waals surface area contributed by atoms with Gasteiger partial charge in [0.15, 0.2) is 0 Å². The first-order chi connectivity index (χ1) is 11.1. The van der Waals surface area contributed by atoms with Gasteiger partial charge in [0.25, 0.3) is 11.8 Å². The van der Waals surface area contributed by atoms with Crippen LogP contribution in [0.2, 0.25) is 0 Å². The van der Waals surface area contributed by atoms with Crippen molar-refractivity contribution in [1.82, 2.24) is 15.5 Å². The Kier molecular flexibility index (Phi) is 6.10. The Labute approximate surface area is 135 Å². The van der Waals surface area contributed by atoms with Gasteiger partial charge in [-0.25, -0.2) is 4.79 Å². The quantitative estimate of drug-likeness (QED) is 0.553. The van der Waals surface area contributed by atoms with E-state index in [9.17, 15) is 14.4 Å². The molecule has 0 aliphatic carbocycles. The highest BCUT2D eigenvalue weighted by Gasteiger charge is 2.34. The monoisotopic (exact) mass is 319 g/mol. The number of hydrogen-bond donors (Lipinski definition) is 2. The second kappa shape index (κ2) is 8.28. The predicted octanol–water partition coefficient (Wildman–Crippen LogP) is 1.01. The normalized spacial score (nSPS) is 13.2. The van der Waals surface area contributed by atoms with Gasteiger partial charge >= 0.3 is 6.03 Å². The van der Waals surface area contributed by atoms with Crippen LogP contribution in [0.1, 0.15) is 33.6 Å². The summed E-state index contributed by atoms with van der Waals surface area (Å²) in [7, 11) is 1.61. The topological polar surface area (TPSA) is 87.7 Å². The molecular weight excluding hydrogens is 298 g/mol. The number of methoxy groups -OCH3 is 1. The average Bonchev–Trinajstić information content (AvgIpc) is 2.80. The third-order valence-corrected chi connectivity index (χ3v) is 3.53. The van der Waals surface area contributed by atoms with Crippen molar-refractivity contribution in [3.05, 3.63) is 35.4 Å². The maximum absolute atomic E-state index is 12.1. The lowest BCUT2D eigenvalue weighted by Crippen LogP contribution is -2.38. The minimum absolute atomic E-state index is 0.261. The minimum Gasteiger partial charge on any atom is -0.385 e. The van der Waals surface area contributed by atoms with Crippen molar-refractivity contribution in [2.45, 2.75) is 12.8 Å². The molecule has 1 aromatic carbocycles. The number of ether oxygens (including phenoxy) is 1. The predicted molar refractivity (Wildman–Crippen MR) is 84.3 cm³/mol. The molecule has 0 bridgehead atoms. The first kappa shape index (κ1) is 17.0. The summed E-state index contributed by atoms with van der Waals surface area (Å²) in [4.78, 5) is 37.0. The Morgan fingerprint density at radius 3 is 2.17 bits per heavy atom. The van der Waals surface area contributed by atoms with Crippen LogP contribution in [0, 0.1) is 0 Å². The van der Waals surface area contributed by atoms with Gasteiger partial charge in [0.2, 0.25) is 0 Å². The third-order valence-electron chi connectivity index (χ3n) is 3.53. The van der Waals surface area contributed by atoms with E-state index in [2.05, 4.69) is 10.6 Å². The van der Waals surface area contributed by atoms with E-state index in [1.807, 2.05) is 0 Å². The molecule has 0 spiro atoms. The van der Waals surface area contributed by atoms with Gasteiger partial charge in [-0.15, -0.1) is 0 Å². The van der Waals surface area contributed by atoms with Crippen LogP contribution in [0.3, 0.4) is 0 Å². The summed E-state index contributed by atoms with van der Waals surface area (Å²) in [5.41, 5.74) is 0.891. The molecule has 0 atom stereocenters. The first-order valence-corrected chi connectivity index (χ1v) is 7.61. The highest BCUT2D eigenvalue weighted by atomic mass is 16.5. The van der Waals surface area contributed by atoms with E-state index in [0.29, 0.717) is 37.2 Å². The molecule has 124 valence electrons. The molecule has 0 fully saturated rings. The van der Waals surface area contributed by atoms with Crippen LogP contribution in [0.4, 0.5) is 4.79 Å². The summed E-state index contributed by atoms with van der Waals surface area (Å²) < 4.78 is 4.88. The Hall–Kier alpha value is -2.41. The third kappa shape index (κ3) is 4.29. The number of benzene rings is 1. The number of carbonyl (C=O) groups is 3. The number of carbonyl (C=O) groups excluding carboxylic acids is 3. The number of fused-ring (bicyclic) bond motifs is 1. The van der Waals surface area contributed by atoms with E-state index in [4.69, 9.17) is 4.74 Å². The van der Waals surface area contributed by atoms with E-state index in [-0.39, 0.29) is 24.4 Å². The molecule has 7 nitrogen and oxygen atoms in total. The van der Waals surface area contributed by atoms with Gasteiger partial charge in [0.05, 0.1) is 11.1 Å². The van der Waals surface area contributed by atoms with Crippen molar-refractivity contribution < 1.29 is 19.1 Å². The van der Waals surface area contributed by atoms with Gasteiger partial charge in [-0.2, -0.15) is 0 Å². The van der Waals surface area contributed by atoms with E-state index in [1.165, 1.54) is 4.90 Å².